The first-order valence-corrected chi connectivity index (χ1v) is 29.7. The van der Waals surface area contributed by atoms with E-state index in [0.717, 1.165) is 154 Å². The first kappa shape index (κ1) is 68.6. The van der Waals surface area contributed by atoms with E-state index in [1.165, 1.54) is 57.8 Å². The monoisotopic (exact) mass is 1010 g/mol. The molecule has 0 saturated heterocycles. The van der Waals surface area contributed by atoms with Gasteiger partial charge < -0.3 is 14.2 Å². The van der Waals surface area contributed by atoms with Gasteiger partial charge in [-0.3, -0.25) is 14.4 Å². The lowest BCUT2D eigenvalue weighted by Gasteiger charge is -2.18. The fraction of sp³-hybridized carbons (Fsp3) is 0.627. The van der Waals surface area contributed by atoms with Crippen molar-refractivity contribution in [3.8, 4) is 0 Å². The van der Waals surface area contributed by atoms with Gasteiger partial charge in [0.05, 0.1) is 0 Å². The molecule has 0 radical (unpaired) electrons. The Balaban J connectivity index is 4.26. The Morgan fingerprint density at radius 3 is 0.836 bits per heavy atom. The van der Waals surface area contributed by atoms with Crippen LogP contribution in [0.2, 0.25) is 0 Å². The second-order valence-corrected chi connectivity index (χ2v) is 19.1. The van der Waals surface area contributed by atoms with Crippen molar-refractivity contribution in [2.24, 2.45) is 0 Å². The normalized spacial score (nSPS) is 13.1. The van der Waals surface area contributed by atoms with Crippen LogP contribution in [-0.2, 0) is 28.6 Å². The Kier molecular flexibility index (Phi) is 56.4. The van der Waals surface area contributed by atoms with Crippen LogP contribution in [0.15, 0.2) is 134 Å². The molecule has 1 unspecified atom stereocenters. The molecule has 0 N–H and O–H groups in total. The number of unbranched alkanes of at least 4 members (excludes halogenated alkanes) is 19. The maximum atomic E-state index is 12.8. The van der Waals surface area contributed by atoms with Gasteiger partial charge in [-0.2, -0.15) is 0 Å². The van der Waals surface area contributed by atoms with Crippen molar-refractivity contribution in [2.45, 2.75) is 258 Å². The molecule has 0 aromatic heterocycles. The molecule has 0 fully saturated rings. The van der Waals surface area contributed by atoms with Gasteiger partial charge in [0.2, 0.25) is 0 Å². The van der Waals surface area contributed by atoms with Crippen LogP contribution >= 0.6 is 0 Å². The average molecular weight is 1010 g/mol. The molecule has 0 aliphatic heterocycles. The van der Waals surface area contributed by atoms with Crippen LogP contribution in [0.3, 0.4) is 0 Å². The third kappa shape index (κ3) is 58.3. The highest BCUT2D eigenvalue weighted by molar-refractivity contribution is 5.71. The highest BCUT2D eigenvalue weighted by atomic mass is 16.6. The van der Waals surface area contributed by atoms with E-state index in [9.17, 15) is 14.4 Å². The zero-order chi connectivity index (χ0) is 52.9. The fourth-order valence-electron chi connectivity index (χ4n) is 7.77. The number of ether oxygens (including phenoxy) is 3. The Hall–Kier alpha value is -4.45. The van der Waals surface area contributed by atoms with Crippen molar-refractivity contribution >= 4 is 17.9 Å². The molecule has 0 spiro atoms. The molecule has 0 aromatic carbocycles. The summed E-state index contributed by atoms with van der Waals surface area (Å²) in [6.45, 7) is 6.34. The highest BCUT2D eigenvalue weighted by Gasteiger charge is 2.19. The van der Waals surface area contributed by atoms with Crippen LogP contribution in [0.1, 0.15) is 252 Å². The molecule has 0 bridgehead atoms. The molecule has 0 amide bonds. The topological polar surface area (TPSA) is 78.9 Å². The van der Waals surface area contributed by atoms with Gasteiger partial charge in [-0.25, -0.2) is 0 Å². The first-order chi connectivity index (χ1) is 36.0. The Labute approximate surface area is 449 Å². The molecule has 73 heavy (non-hydrogen) atoms. The summed E-state index contributed by atoms with van der Waals surface area (Å²) < 4.78 is 16.8. The van der Waals surface area contributed by atoms with Crippen LogP contribution in [0, 0.1) is 0 Å². The minimum Gasteiger partial charge on any atom is -0.462 e. The lowest BCUT2D eigenvalue weighted by Crippen LogP contribution is -2.30. The van der Waals surface area contributed by atoms with Crippen LogP contribution in [0.5, 0.6) is 0 Å². The van der Waals surface area contributed by atoms with Gasteiger partial charge in [0, 0.05) is 19.3 Å². The van der Waals surface area contributed by atoms with Gasteiger partial charge in [0.25, 0.3) is 0 Å². The molecule has 0 aromatic rings. The molecular weight excluding hydrogens is 901 g/mol. The maximum Gasteiger partial charge on any atom is 0.306 e. The maximum absolute atomic E-state index is 12.8. The molecule has 6 nitrogen and oxygen atoms in total. The van der Waals surface area contributed by atoms with Gasteiger partial charge in [0.15, 0.2) is 6.10 Å². The van der Waals surface area contributed by atoms with Crippen molar-refractivity contribution in [2.75, 3.05) is 13.2 Å². The standard InChI is InChI=1S/C67H108O6/c1-4-7-10-13-16-18-20-22-24-26-28-30-31-32-33-34-35-37-38-40-42-44-46-48-51-54-57-60-66(69)72-63-64(62-71-65(68)59-56-53-50-15-12-9-6-3)73-67(70)61-58-55-52-49-47-45-43-41-39-36-29-27-25-23-21-19-17-14-11-8-5-2/h7-8,10-11,16-19,22-25,28-30,32-33,35-37,41,43,64H,4-6,9,12-15,20-21,26-27,31,34,38-40,42,44-63H2,1-3H3/b10-7-,11-8-,18-16-,19-17-,24-22-,25-23-,30-28-,33-32-,36-29-,37-35-,43-41-. The highest BCUT2D eigenvalue weighted by Crippen LogP contribution is 2.14. The Morgan fingerprint density at radius 1 is 0.288 bits per heavy atom. The molecule has 6 heteroatoms. The predicted molar refractivity (Wildman–Crippen MR) is 316 cm³/mol. The van der Waals surface area contributed by atoms with Crippen LogP contribution in [0.25, 0.3) is 0 Å². The Bertz CT molecular complexity index is 1580. The predicted octanol–water partition coefficient (Wildman–Crippen LogP) is 20.2. The van der Waals surface area contributed by atoms with E-state index in [0.29, 0.717) is 19.3 Å². The zero-order valence-electron chi connectivity index (χ0n) is 47.1. The van der Waals surface area contributed by atoms with Crippen molar-refractivity contribution in [3.05, 3.63) is 134 Å². The van der Waals surface area contributed by atoms with E-state index in [2.05, 4.69) is 154 Å². The molecule has 0 saturated carbocycles. The molecule has 0 aliphatic rings. The zero-order valence-corrected chi connectivity index (χ0v) is 47.1. The lowest BCUT2D eigenvalue weighted by atomic mass is 10.1. The molecule has 0 aliphatic carbocycles. The second-order valence-electron chi connectivity index (χ2n) is 19.1. The minimum atomic E-state index is -0.794. The number of rotatable bonds is 52. The first-order valence-electron chi connectivity index (χ1n) is 29.7. The molecule has 0 rings (SSSR count). The van der Waals surface area contributed by atoms with Gasteiger partial charge >= 0.3 is 17.9 Å². The summed E-state index contributed by atoms with van der Waals surface area (Å²) in [6.07, 6.45) is 84.6. The van der Waals surface area contributed by atoms with Crippen molar-refractivity contribution in [1.82, 2.24) is 0 Å². The summed E-state index contributed by atoms with van der Waals surface area (Å²) >= 11 is 0. The van der Waals surface area contributed by atoms with E-state index < -0.39 is 6.10 Å². The van der Waals surface area contributed by atoms with Gasteiger partial charge in [-0.15, -0.1) is 0 Å². The summed E-state index contributed by atoms with van der Waals surface area (Å²) in [7, 11) is 0. The van der Waals surface area contributed by atoms with E-state index in [1.54, 1.807) is 0 Å². The molecule has 412 valence electrons. The van der Waals surface area contributed by atoms with E-state index in [4.69, 9.17) is 14.2 Å². The van der Waals surface area contributed by atoms with Gasteiger partial charge in [-0.05, 0) is 116 Å². The van der Waals surface area contributed by atoms with Crippen molar-refractivity contribution in [3.63, 3.8) is 0 Å². The summed E-state index contributed by atoms with van der Waals surface area (Å²) in [5, 5.41) is 0. The number of allylic oxidation sites excluding steroid dienone is 22. The quantitative estimate of drug-likeness (QED) is 0.0261. The fourth-order valence-corrected chi connectivity index (χ4v) is 7.77. The number of carbonyl (C=O) groups excluding carboxylic acids is 3. The Morgan fingerprint density at radius 2 is 0.534 bits per heavy atom. The summed E-state index contributed by atoms with van der Waals surface area (Å²) in [5.41, 5.74) is 0. The van der Waals surface area contributed by atoms with E-state index >= 15 is 0 Å². The third-order valence-electron chi connectivity index (χ3n) is 12.2. The van der Waals surface area contributed by atoms with Crippen LogP contribution in [0.4, 0.5) is 0 Å². The average Bonchev–Trinajstić information content (AvgIpc) is 3.39. The third-order valence-corrected chi connectivity index (χ3v) is 12.2. The summed E-state index contributed by atoms with van der Waals surface area (Å²) in [4.78, 5) is 38.0. The van der Waals surface area contributed by atoms with Crippen molar-refractivity contribution in [1.29, 1.82) is 0 Å². The SMILES string of the molecule is CC/C=C\C/C=C\C/C=C\C/C=C\C/C=C\C/C=C\CCCCCCCCCCC(=O)OCC(COC(=O)CCCCCCCCC)OC(=O)CCCCCCC/C=C\C/C=C\C/C=C\C/C=C\C/C=C\CC. The molecule has 1 atom stereocenters. The van der Waals surface area contributed by atoms with Crippen LogP contribution < -0.4 is 0 Å². The number of carbonyl (C=O) groups is 3. The summed E-state index contributed by atoms with van der Waals surface area (Å²) in [5.74, 6) is -0.929. The largest absolute Gasteiger partial charge is 0.462 e. The molecule has 0 heterocycles. The smallest absolute Gasteiger partial charge is 0.306 e. The lowest BCUT2D eigenvalue weighted by molar-refractivity contribution is -0.167. The van der Waals surface area contributed by atoms with Gasteiger partial charge in [-0.1, -0.05) is 251 Å². The molecular formula is C67H108O6. The second kappa shape index (κ2) is 60.1. The number of hydrogen-bond acceptors (Lipinski definition) is 6. The van der Waals surface area contributed by atoms with Crippen LogP contribution in [-0.4, -0.2) is 37.2 Å². The number of esters is 3. The van der Waals surface area contributed by atoms with Crippen molar-refractivity contribution < 1.29 is 28.6 Å². The number of hydrogen-bond donors (Lipinski definition) is 0. The summed E-state index contributed by atoms with van der Waals surface area (Å²) in [6, 6.07) is 0. The van der Waals surface area contributed by atoms with E-state index in [-0.39, 0.29) is 31.1 Å². The van der Waals surface area contributed by atoms with E-state index in [1.807, 2.05) is 0 Å². The minimum absolute atomic E-state index is 0.0917. The van der Waals surface area contributed by atoms with Gasteiger partial charge in [0.1, 0.15) is 13.2 Å².